The first-order valence-electron chi connectivity index (χ1n) is 6.39. The number of carbonyl (C=O) groups is 2. The summed E-state index contributed by atoms with van der Waals surface area (Å²) in [5.74, 6) is -1.32. The van der Waals surface area contributed by atoms with Crippen LogP contribution in [0, 0.1) is 0 Å². The SMILES string of the molecule is O=C(CCc1ccccc1)NCC(=O)NCCS(=O)(=O)O. The molecule has 0 unspecified atom stereocenters. The Balaban J connectivity index is 2.16. The molecule has 7 nitrogen and oxygen atoms in total. The minimum Gasteiger partial charge on any atom is -0.353 e. The van der Waals surface area contributed by atoms with E-state index in [1.165, 1.54) is 0 Å². The molecule has 1 rings (SSSR count). The molecule has 0 aromatic heterocycles. The van der Waals surface area contributed by atoms with Gasteiger partial charge in [0.2, 0.25) is 11.8 Å². The third-order valence-corrected chi connectivity index (χ3v) is 3.33. The van der Waals surface area contributed by atoms with Crippen LogP contribution in [0.2, 0.25) is 0 Å². The number of benzene rings is 1. The van der Waals surface area contributed by atoms with Crippen molar-refractivity contribution in [3.8, 4) is 0 Å². The number of carbonyl (C=O) groups excluding carboxylic acids is 2. The van der Waals surface area contributed by atoms with Gasteiger partial charge in [0.05, 0.1) is 12.3 Å². The third kappa shape index (κ3) is 8.77. The molecule has 0 fully saturated rings. The van der Waals surface area contributed by atoms with Gasteiger partial charge in [-0.3, -0.25) is 14.1 Å². The lowest BCUT2D eigenvalue weighted by atomic mass is 10.1. The second-order valence-corrected chi connectivity index (χ2v) is 5.97. The molecule has 1 aromatic rings. The first-order valence-corrected chi connectivity index (χ1v) is 8.00. The second kappa shape index (κ2) is 8.38. The molecule has 1 aromatic carbocycles. The van der Waals surface area contributed by atoms with E-state index < -0.39 is 21.8 Å². The van der Waals surface area contributed by atoms with Crippen molar-refractivity contribution >= 4 is 21.9 Å². The maximum atomic E-state index is 11.5. The molecule has 116 valence electrons. The van der Waals surface area contributed by atoms with Crippen LogP contribution in [0.1, 0.15) is 12.0 Å². The lowest BCUT2D eigenvalue weighted by Gasteiger charge is -2.06. The van der Waals surface area contributed by atoms with E-state index in [4.69, 9.17) is 4.55 Å². The number of nitrogens with one attached hydrogen (secondary N) is 2. The Labute approximate surface area is 123 Å². The summed E-state index contributed by atoms with van der Waals surface area (Å²) >= 11 is 0. The summed E-state index contributed by atoms with van der Waals surface area (Å²) in [7, 11) is -4.09. The molecule has 0 aliphatic carbocycles. The fourth-order valence-corrected chi connectivity index (χ4v) is 1.91. The summed E-state index contributed by atoms with van der Waals surface area (Å²) < 4.78 is 29.3. The minimum absolute atomic E-state index is 0.197. The molecule has 0 saturated carbocycles. The van der Waals surface area contributed by atoms with E-state index in [0.29, 0.717) is 6.42 Å². The largest absolute Gasteiger partial charge is 0.353 e. The standard InChI is InChI=1S/C13H18N2O5S/c16-12(7-6-11-4-2-1-3-5-11)15-10-13(17)14-8-9-21(18,19)20/h1-5H,6-10H2,(H,14,17)(H,15,16)(H,18,19,20). The van der Waals surface area contributed by atoms with Gasteiger partial charge in [0.25, 0.3) is 10.1 Å². The predicted molar refractivity (Wildman–Crippen MR) is 77.2 cm³/mol. The van der Waals surface area contributed by atoms with Crippen LogP contribution in [-0.2, 0) is 26.1 Å². The van der Waals surface area contributed by atoms with Crippen LogP contribution in [0.4, 0.5) is 0 Å². The highest BCUT2D eigenvalue weighted by Crippen LogP contribution is 2.01. The van der Waals surface area contributed by atoms with E-state index in [-0.39, 0.29) is 25.4 Å². The quantitative estimate of drug-likeness (QED) is 0.572. The average Bonchev–Trinajstić information content (AvgIpc) is 2.42. The first-order chi connectivity index (χ1) is 9.87. The summed E-state index contributed by atoms with van der Waals surface area (Å²) in [5.41, 5.74) is 1.03. The maximum Gasteiger partial charge on any atom is 0.266 e. The molecule has 0 atom stereocenters. The van der Waals surface area contributed by atoms with Gasteiger partial charge >= 0.3 is 0 Å². The highest BCUT2D eigenvalue weighted by Gasteiger charge is 2.08. The minimum atomic E-state index is -4.09. The van der Waals surface area contributed by atoms with Gasteiger partial charge in [-0.1, -0.05) is 30.3 Å². The molecule has 0 heterocycles. The van der Waals surface area contributed by atoms with Crippen LogP contribution in [0.5, 0.6) is 0 Å². The molecule has 0 spiro atoms. The monoisotopic (exact) mass is 314 g/mol. The average molecular weight is 314 g/mol. The first kappa shape index (κ1) is 17.1. The van der Waals surface area contributed by atoms with Gasteiger partial charge in [-0.05, 0) is 12.0 Å². The molecule has 0 aliphatic rings. The number of amides is 2. The van der Waals surface area contributed by atoms with Crippen molar-refractivity contribution in [2.75, 3.05) is 18.8 Å². The molecule has 3 N–H and O–H groups in total. The summed E-state index contributed by atoms with van der Waals surface area (Å²) in [6.07, 6.45) is 0.847. The molecular weight excluding hydrogens is 296 g/mol. The van der Waals surface area contributed by atoms with Gasteiger partial charge in [-0.15, -0.1) is 0 Å². The second-order valence-electron chi connectivity index (χ2n) is 4.40. The zero-order chi connectivity index (χ0) is 15.7. The Kier molecular flexibility index (Phi) is 6.83. The zero-order valence-corrected chi connectivity index (χ0v) is 12.2. The molecule has 0 bridgehead atoms. The molecule has 21 heavy (non-hydrogen) atoms. The molecular formula is C13H18N2O5S. The van der Waals surface area contributed by atoms with Crippen molar-refractivity contribution in [3.05, 3.63) is 35.9 Å². The van der Waals surface area contributed by atoms with Gasteiger partial charge in [0.1, 0.15) is 0 Å². The van der Waals surface area contributed by atoms with E-state index >= 15 is 0 Å². The van der Waals surface area contributed by atoms with Crippen LogP contribution < -0.4 is 10.6 Å². The smallest absolute Gasteiger partial charge is 0.266 e. The highest BCUT2D eigenvalue weighted by atomic mass is 32.2. The Hall–Kier alpha value is -1.93. The molecule has 0 radical (unpaired) electrons. The van der Waals surface area contributed by atoms with E-state index in [2.05, 4.69) is 10.6 Å². The van der Waals surface area contributed by atoms with Crippen molar-refractivity contribution in [2.45, 2.75) is 12.8 Å². The highest BCUT2D eigenvalue weighted by molar-refractivity contribution is 7.85. The Morgan fingerprint density at radius 1 is 1.05 bits per heavy atom. The van der Waals surface area contributed by atoms with Gasteiger partial charge in [-0.2, -0.15) is 8.42 Å². The molecule has 0 saturated heterocycles. The van der Waals surface area contributed by atoms with Crippen molar-refractivity contribution in [3.63, 3.8) is 0 Å². The molecule has 0 aliphatic heterocycles. The number of aryl methyl sites for hydroxylation is 1. The van der Waals surface area contributed by atoms with Crippen molar-refractivity contribution < 1.29 is 22.6 Å². The normalized spacial score (nSPS) is 10.9. The number of rotatable bonds is 8. The van der Waals surface area contributed by atoms with Crippen molar-refractivity contribution in [1.29, 1.82) is 0 Å². The summed E-state index contributed by atoms with van der Waals surface area (Å²) in [5, 5.41) is 4.71. The van der Waals surface area contributed by atoms with Crippen LogP contribution in [0.15, 0.2) is 30.3 Å². The van der Waals surface area contributed by atoms with E-state index in [9.17, 15) is 18.0 Å². The Morgan fingerprint density at radius 2 is 1.71 bits per heavy atom. The van der Waals surface area contributed by atoms with Crippen molar-refractivity contribution in [1.82, 2.24) is 10.6 Å². The van der Waals surface area contributed by atoms with Crippen LogP contribution in [-0.4, -0.2) is 43.6 Å². The third-order valence-electron chi connectivity index (χ3n) is 2.61. The van der Waals surface area contributed by atoms with Gasteiger partial charge in [0, 0.05) is 13.0 Å². The van der Waals surface area contributed by atoms with Crippen LogP contribution >= 0.6 is 0 Å². The van der Waals surface area contributed by atoms with E-state index in [1.54, 1.807) is 0 Å². The Morgan fingerprint density at radius 3 is 2.33 bits per heavy atom. The lowest BCUT2D eigenvalue weighted by molar-refractivity contribution is -0.126. The fourth-order valence-electron chi connectivity index (χ4n) is 1.55. The summed E-state index contributed by atoms with van der Waals surface area (Å²) in [6, 6.07) is 9.48. The van der Waals surface area contributed by atoms with E-state index in [1.807, 2.05) is 30.3 Å². The van der Waals surface area contributed by atoms with Crippen LogP contribution in [0.3, 0.4) is 0 Å². The van der Waals surface area contributed by atoms with Crippen molar-refractivity contribution in [2.24, 2.45) is 0 Å². The van der Waals surface area contributed by atoms with E-state index in [0.717, 1.165) is 5.56 Å². The maximum absolute atomic E-state index is 11.5. The number of hydrogen-bond donors (Lipinski definition) is 3. The van der Waals surface area contributed by atoms with Crippen LogP contribution in [0.25, 0.3) is 0 Å². The Bertz CT molecular complexity index is 571. The predicted octanol–water partition coefficient (Wildman–Crippen LogP) is -0.261. The van der Waals surface area contributed by atoms with Gasteiger partial charge in [-0.25, -0.2) is 0 Å². The topological polar surface area (TPSA) is 113 Å². The summed E-state index contributed by atoms with van der Waals surface area (Å²) in [6.45, 7) is -0.420. The molecule has 2 amide bonds. The number of hydrogen-bond acceptors (Lipinski definition) is 4. The summed E-state index contributed by atoms with van der Waals surface area (Å²) in [4.78, 5) is 22.8. The lowest BCUT2D eigenvalue weighted by Crippen LogP contribution is -2.38. The fraction of sp³-hybridized carbons (Fsp3) is 0.385. The van der Waals surface area contributed by atoms with Gasteiger partial charge < -0.3 is 10.6 Å². The van der Waals surface area contributed by atoms with Gasteiger partial charge in [0.15, 0.2) is 0 Å². The zero-order valence-electron chi connectivity index (χ0n) is 11.4. The molecule has 8 heteroatoms.